The van der Waals surface area contributed by atoms with E-state index in [-0.39, 0.29) is 0 Å². The molecular weight excluding hydrogens is 458 g/mol. The first-order valence-electron chi connectivity index (χ1n) is 10.4. The number of hydrogen-bond donors (Lipinski definition) is 2. The molecule has 2 aromatic rings. The van der Waals surface area contributed by atoms with Gasteiger partial charge in [0, 0.05) is 25.6 Å². The molecule has 2 atom stereocenters. The number of nitrogens with zero attached hydrogens (tertiary/aromatic N) is 1. The molecule has 7 nitrogen and oxygen atoms in total. The second-order valence-electron chi connectivity index (χ2n) is 7.73. The Morgan fingerprint density at radius 3 is 2.38 bits per heavy atom. The van der Waals surface area contributed by atoms with E-state index in [0.29, 0.717) is 11.3 Å². The Balaban J connectivity index is 1.69. The number of carbonyl (C=O) groups is 3. The third-order valence-corrected chi connectivity index (χ3v) is 5.39. The van der Waals surface area contributed by atoms with E-state index in [1.165, 1.54) is 11.8 Å². The van der Waals surface area contributed by atoms with Crippen LogP contribution in [-0.2, 0) is 14.3 Å². The van der Waals surface area contributed by atoms with Gasteiger partial charge in [0.25, 0.3) is 11.8 Å². The number of hydrogen-bond acceptors (Lipinski definition) is 4. The van der Waals surface area contributed by atoms with Crippen molar-refractivity contribution in [1.82, 2.24) is 10.6 Å². The summed E-state index contributed by atoms with van der Waals surface area (Å²) < 4.78 is 55.1. The van der Waals surface area contributed by atoms with Crippen LogP contribution in [0.2, 0.25) is 0 Å². The summed E-state index contributed by atoms with van der Waals surface area (Å²) in [5.74, 6) is -5.48. The van der Waals surface area contributed by atoms with E-state index in [2.05, 4.69) is 5.32 Å². The first-order chi connectivity index (χ1) is 16.0. The van der Waals surface area contributed by atoms with Crippen molar-refractivity contribution in [3.8, 4) is 11.1 Å². The summed E-state index contributed by atoms with van der Waals surface area (Å²) in [5, 5.41) is 4.48. The van der Waals surface area contributed by atoms with Gasteiger partial charge in [-0.15, -0.1) is 0 Å². The van der Waals surface area contributed by atoms with Crippen LogP contribution in [0.1, 0.15) is 24.9 Å². The SMILES string of the molecule is C[C@H](OC(=O)NCCC(F)(F)C(F)F)C(=O)N[C@@H]1C(=O)N(C)c2ccccc2-c2ccccc21. The lowest BCUT2D eigenvalue weighted by Crippen LogP contribution is -2.45. The fourth-order valence-electron chi connectivity index (χ4n) is 3.53. The molecule has 0 bridgehead atoms. The van der Waals surface area contributed by atoms with Crippen LogP contribution in [0.4, 0.5) is 28.0 Å². The van der Waals surface area contributed by atoms with Crippen LogP contribution in [0, 0.1) is 0 Å². The van der Waals surface area contributed by atoms with Crippen molar-refractivity contribution in [2.75, 3.05) is 18.5 Å². The zero-order valence-corrected chi connectivity index (χ0v) is 18.4. The van der Waals surface area contributed by atoms with Gasteiger partial charge in [-0.25, -0.2) is 22.4 Å². The van der Waals surface area contributed by atoms with Crippen LogP contribution in [0.3, 0.4) is 0 Å². The highest BCUT2D eigenvalue weighted by atomic mass is 19.3. The van der Waals surface area contributed by atoms with Crippen molar-refractivity contribution in [3.05, 3.63) is 54.1 Å². The summed E-state index contributed by atoms with van der Waals surface area (Å²) in [5.41, 5.74) is 2.74. The van der Waals surface area contributed by atoms with Crippen molar-refractivity contribution < 1.29 is 36.7 Å². The number of anilines is 1. The molecule has 0 saturated carbocycles. The van der Waals surface area contributed by atoms with E-state index in [0.717, 1.165) is 11.1 Å². The number of benzene rings is 2. The summed E-state index contributed by atoms with van der Waals surface area (Å²) in [6.45, 7) is 0.455. The summed E-state index contributed by atoms with van der Waals surface area (Å²) >= 11 is 0. The summed E-state index contributed by atoms with van der Waals surface area (Å²) in [7, 11) is 1.58. The molecule has 34 heavy (non-hydrogen) atoms. The van der Waals surface area contributed by atoms with Crippen molar-refractivity contribution in [2.45, 2.75) is 37.8 Å². The quantitative estimate of drug-likeness (QED) is 0.588. The highest BCUT2D eigenvalue weighted by molar-refractivity contribution is 6.06. The largest absolute Gasteiger partial charge is 0.436 e. The van der Waals surface area contributed by atoms with Crippen molar-refractivity contribution >= 4 is 23.6 Å². The Morgan fingerprint density at radius 2 is 1.71 bits per heavy atom. The lowest BCUT2D eigenvalue weighted by atomic mass is 9.95. The lowest BCUT2D eigenvalue weighted by molar-refractivity contribution is -0.133. The van der Waals surface area contributed by atoms with Gasteiger partial charge in [0.15, 0.2) is 6.10 Å². The van der Waals surface area contributed by atoms with Crippen LogP contribution < -0.4 is 15.5 Å². The zero-order valence-electron chi connectivity index (χ0n) is 18.4. The standard InChI is InChI=1S/C23H23F4N3O4/c1-13(34-22(33)28-12-11-23(26,27)21(24)25)19(31)29-18-16-9-4-3-7-14(16)15-8-5-6-10-17(15)30(2)20(18)32/h3-10,13,18,21H,11-12H2,1-2H3,(H,28,33)(H,29,31)/t13-,18-/m0/s1. The van der Waals surface area contributed by atoms with Gasteiger partial charge in [0.05, 0.1) is 5.69 Å². The number of halogens is 4. The van der Waals surface area contributed by atoms with E-state index in [1.807, 2.05) is 23.5 Å². The smallest absolute Gasteiger partial charge is 0.407 e. The number of para-hydroxylation sites is 1. The number of rotatable bonds is 7. The zero-order chi connectivity index (χ0) is 25.0. The summed E-state index contributed by atoms with van der Waals surface area (Å²) in [6, 6.07) is 13.2. The molecule has 0 radical (unpaired) electrons. The fraction of sp³-hybridized carbons (Fsp3) is 0.348. The third kappa shape index (κ3) is 5.29. The van der Waals surface area contributed by atoms with Crippen LogP contribution in [0.15, 0.2) is 48.5 Å². The molecule has 1 heterocycles. The molecule has 1 aliphatic rings. The minimum Gasteiger partial charge on any atom is -0.436 e. The second-order valence-corrected chi connectivity index (χ2v) is 7.73. The maximum Gasteiger partial charge on any atom is 0.407 e. The second kappa shape index (κ2) is 10.1. The molecule has 0 spiro atoms. The van der Waals surface area contributed by atoms with Crippen LogP contribution in [-0.4, -0.2) is 50.0 Å². The first-order valence-corrected chi connectivity index (χ1v) is 10.4. The number of carbonyl (C=O) groups excluding carboxylic acids is 3. The van der Waals surface area contributed by atoms with Gasteiger partial charge in [0.2, 0.25) is 0 Å². The maximum atomic E-state index is 13.2. The average molecular weight is 481 g/mol. The maximum absolute atomic E-state index is 13.2. The van der Waals surface area contributed by atoms with Gasteiger partial charge in [-0.3, -0.25) is 9.59 Å². The summed E-state index contributed by atoms with van der Waals surface area (Å²) in [6.07, 6.45) is -7.78. The van der Waals surface area contributed by atoms with E-state index in [1.54, 1.807) is 37.4 Å². The van der Waals surface area contributed by atoms with Gasteiger partial charge >= 0.3 is 18.4 Å². The molecule has 3 amide bonds. The van der Waals surface area contributed by atoms with Gasteiger partial charge < -0.3 is 20.3 Å². The normalized spacial score (nSPS) is 16.3. The number of likely N-dealkylation sites (N-methyl/N-ethyl adjacent to an activating group) is 1. The highest BCUT2D eigenvalue weighted by Gasteiger charge is 2.40. The topological polar surface area (TPSA) is 87.7 Å². The van der Waals surface area contributed by atoms with Gasteiger partial charge in [-0.1, -0.05) is 42.5 Å². The van der Waals surface area contributed by atoms with Gasteiger partial charge in [-0.05, 0) is 24.1 Å². The molecule has 0 aromatic heterocycles. The molecule has 0 fully saturated rings. The van der Waals surface area contributed by atoms with Crippen LogP contribution in [0.5, 0.6) is 0 Å². The minimum atomic E-state index is -4.26. The Bertz CT molecular complexity index is 1080. The molecule has 11 heteroatoms. The Labute approximate surface area is 193 Å². The number of ether oxygens (including phenoxy) is 1. The van der Waals surface area contributed by atoms with Crippen LogP contribution >= 0.6 is 0 Å². The van der Waals surface area contributed by atoms with Gasteiger partial charge in [-0.2, -0.15) is 0 Å². The lowest BCUT2D eigenvalue weighted by Gasteiger charge is -2.24. The molecule has 0 unspecified atom stereocenters. The summed E-state index contributed by atoms with van der Waals surface area (Å²) in [4.78, 5) is 39.1. The van der Waals surface area contributed by atoms with E-state index in [9.17, 15) is 31.9 Å². The minimum absolute atomic E-state index is 0.420. The molecule has 1 aliphatic heterocycles. The average Bonchev–Trinajstić information content (AvgIpc) is 2.88. The molecular formula is C23H23F4N3O4. The van der Waals surface area contributed by atoms with Crippen molar-refractivity contribution in [3.63, 3.8) is 0 Å². The third-order valence-electron chi connectivity index (χ3n) is 5.39. The van der Waals surface area contributed by atoms with Crippen LogP contribution in [0.25, 0.3) is 11.1 Å². The molecule has 0 saturated heterocycles. The molecule has 3 rings (SSSR count). The first kappa shape index (κ1) is 25.0. The van der Waals surface area contributed by atoms with Gasteiger partial charge in [0.1, 0.15) is 6.04 Å². The highest BCUT2D eigenvalue weighted by Crippen LogP contribution is 2.39. The molecule has 182 valence electrons. The number of alkyl carbamates (subject to hydrolysis) is 1. The van der Waals surface area contributed by atoms with Crippen molar-refractivity contribution in [2.24, 2.45) is 0 Å². The Hall–Kier alpha value is -3.63. The number of fused-ring (bicyclic) bond motifs is 3. The Morgan fingerprint density at radius 1 is 1.09 bits per heavy atom. The molecule has 2 N–H and O–H groups in total. The number of alkyl halides is 4. The molecule has 2 aromatic carbocycles. The Kier molecular flexibility index (Phi) is 7.43. The number of nitrogens with one attached hydrogen (secondary N) is 2. The van der Waals surface area contributed by atoms with Crippen molar-refractivity contribution in [1.29, 1.82) is 0 Å². The predicted molar refractivity (Wildman–Crippen MR) is 116 cm³/mol. The predicted octanol–water partition coefficient (Wildman–Crippen LogP) is 3.89. The van der Waals surface area contributed by atoms with E-state index >= 15 is 0 Å². The van der Waals surface area contributed by atoms with E-state index in [4.69, 9.17) is 4.74 Å². The molecule has 0 aliphatic carbocycles. The number of amides is 3. The monoisotopic (exact) mass is 481 g/mol. The van der Waals surface area contributed by atoms with E-state index < -0.39 is 55.4 Å². The fourth-order valence-corrected chi connectivity index (χ4v) is 3.53.